The number of rotatable bonds is 8. The van der Waals surface area contributed by atoms with Crippen LogP contribution in [0.15, 0.2) is 35.4 Å². The van der Waals surface area contributed by atoms with E-state index in [0.717, 1.165) is 36.6 Å². The van der Waals surface area contributed by atoms with Gasteiger partial charge in [-0.3, -0.25) is 9.59 Å². The normalized spacial score (nSPS) is 13.6. The summed E-state index contributed by atoms with van der Waals surface area (Å²) >= 11 is 1.30. The molecule has 1 heterocycles. The van der Waals surface area contributed by atoms with Crippen molar-refractivity contribution in [2.45, 2.75) is 43.7 Å². The standard InChI is InChI=1S/C19H22N2O3S/c1-2-3-10-24-18(22)12-25-17-11-15(19(23)20-13-8-9-13)14-6-4-5-7-16(14)21-17/h4-7,11,13H,2-3,8-10,12H2,1H3,(H,20,23). The zero-order chi connectivity index (χ0) is 17.6. The summed E-state index contributed by atoms with van der Waals surface area (Å²) in [5.41, 5.74) is 1.37. The molecule has 1 aliphatic carbocycles. The first-order chi connectivity index (χ1) is 12.2. The van der Waals surface area contributed by atoms with Crippen molar-refractivity contribution in [1.29, 1.82) is 0 Å². The van der Waals surface area contributed by atoms with E-state index in [9.17, 15) is 9.59 Å². The number of para-hydroxylation sites is 1. The molecule has 1 amide bonds. The number of unbranched alkanes of at least 4 members (excludes halogenated alkanes) is 1. The van der Waals surface area contributed by atoms with Crippen molar-refractivity contribution in [3.63, 3.8) is 0 Å². The lowest BCUT2D eigenvalue weighted by molar-refractivity contribution is -0.140. The molecule has 1 aliphatic rings. The SMILES string of the molecule is CCCCOC(=O)CSc1cc(C(=O)NC2CC2)c2ccccc2n1. The van der Waals surface area contributed by atoms with Crippen molar-refractivity contribution in [3.05, 3.63) is 35.9 Å². The number of amides is 1. The van der Waals surface area contributed by atoms with E-state index in [0.29, 0.717) is 23.2 Å². The number of carbonyl (C=O) groups is 2. The minimum absolute atomic E-state index is 0.0755. The fourth-order valence-electron chi connectivity index (χ4n) is 2.41. The third-order valence-corrected chi connectivity index (χ3v) is 4.83. The summed E-state index contributed by atoms with van der Waals surface area (Å²) in [7, 11) is 0. The van der Waals surface area contributed by atoms with Gasteiger partial charge in [0.15, 0.2) is 0 Å². The summed E-state index contributed by atoms with van der Waals surface area (Å²) in [4.78, 5) is 28.9. The molecule has 132 valence electrons. The zero-order valence-electron chi connectivity index (χ0n) is 14.3. The number of carbonyl (C=O) groups excluding carboxylic acids is 2. The number of ether oxygens (including phenoxy) is 1. The number of pyridine rings is 1. The molecule has 1 aromatic carbocycles. The Labute approximate surface area is 151 Å². The summed E-state index contributed by atoms with van der Waals surface area (Å²) in [5, 5.41) is 4.51. The van der Waals surface area contributed by atoms with E-state index in [-0.39, 0.29) is 17.6 Å². The van der Waals surface area contributed by atoms with Crippen LogP contribution in [0.4, 0.5) is 0 Å². The van der Waals surface area contributed by atoms with E-state index in [4.69, 9.17) is 4.74 Å². The van der Waals surface area contributed by atoms with E-state index in [1.807, 2.05) is 24.3 Å². The molecule has 1 saturated carbocycles. The molecule has 0 atom stereocenters. The molecule has 0 bridgehead atoms. The van der Waals surface area contributed by atoms with Gasteiger partial charge in [-0.05, 0) is 31.4 Å². The van der Waals surface area contributed by atoms with Crippen molar-refractivity contribution in [2.24, 2.45) is 0 Å². The van der Waals surface area contributed by atoms with E-state index >= 15 is 0 Å². The molecule has 0 saturated heterocycles. The van der Waals surface area contributed by atoms with E-state index in [1.165, 1.54) is 11.8 Å². The molecule has 0 unspecified atom stereocenters. The first-order valence-corrected chi connectivity index (χ1v) is 9.65. The van der Waals surface area contributed by atoms with Crippen LogP contribution in [0, 0.1) is 0 Å². The molecule has 0 radical (unpaired) electrons. The Morgan fingerprint density at radius 2 is 2.12 bits per heavy atom. The topological polar surface area (TPSA) is 68.3 Å². The highest BCUT2D eigenvalue weighted by molar-refractivity contribution is 7.99. The Hall–Kier alpha value is -2.08. The van der Waals surface area contributed by atoms with Gasteiger partial charge in [-0.15, -0.1) is 0 Å². The highest BCUT2D eigenvalue weighted by Crippen LogP contribution is 2.26. The number of nitrogens with zero attached hydrogens (tertiary/aromatic N) is 1. The van der Waals surface area contributed by atoms with Crippen molar-refractivity contribution < 1.29 is 14.3 Å². The van der Waals surface area contributed by atoms with E-state index < -0.39 is 0 Å². The second kappa shape index (κ2) is 8.34. The number of esters is 1. The Morgan fingerprint density at radius 1 is 1.32 bits per heavy atom. The Kier molecular flexibility index (Phi) is 5.91. The lowest BCUT2D eigenvalue weighted by atomic mass is 10.1. The minimum Gasteiger partial charge on any atom is -0.465 e. The molecule has 0 aliphatic heterocycles. The van der Waals surface area contributed by atoms with Gasteiger partial charge in [0.1, 0.15) is 0 Å². The van der Waals surface area contributed by atoms with Crippen LogP contribution in [0.25, 0.3) is 10.9 Å². The number of thioether (sulfide) groups is 1. The van der Waals surface area contributed by atoms with Crippen molar-refractivity contribution >= 4 is 34.5 Å². The first-order valence-electron chi connectivity index (χ1n) is 8.66. The molecule has 1 aromatic heterocycles. The number of benzene rings is 1. The third kappa shape index (κ3) is 4.95. The molecule has 6 heteroatoms. The van der Waals surface area contributed by atoms with Crippen molar-refractivity contribution in [1.82, 2.24) is 10.3 Å². The minimum atomic E-state index is -0.252. The average Bonchev–Trinajstić information content (AvgIpc) is 3.43. The highest BCUT2D eigenvalue weighted by atomic mass is 32.2. The second-order valence-corrected chi connectivity index (χ2v) is 7.13. The van der Waals surface area contributed by atoms with Gasteiger partial charge in [0, 0.05) is 11.4 Å². The maximum absolute atomic E-state index is 12.5. The van der Waals surface area contributed by atoms with Gasteiger partial charge in [-0.2, -0.15) is 0 Å². The molecule has 5 nitrogen and oxygen atoms in total. The summed E-state index contributed by atoms with van der Waals surface area (Å²) < 4.78 is 5.16. The Balaban J connectivity index is 1.74. The number of fused-ring (bicyclic) bond motifs is 1. The van der Waals surface area contributed by atoms with Gasteiger partial charge < -0.3 is 10.1 Å². The molecule has 1 fully saturated rings. The molecular weight excluding hydrogens is 336 g/mol. The van der Waals surface area contributed by atoms with E-state index in [1.54, 1.807) is 6.07 Å². The molecule has 3 rings (SSSR count). The van der Waals surface area contributed by atoms with Crippen LogP contribution in [-0.2, 0) is 9.53 Å². The average molecular weight is 358 g/mol. The van der Waals surface area contributed by atoms with Gasteiger partial charge in [-0.25, -0.2) is 4.98 Å². The summed E-state index contributed by atoms with van der Waals surface area (Å²) in [6.07, 6.45) is 3.95. The van der Waals surface area contributed by atoms with E-state index in [2.05, 4.69) is 17.2 Å². The second-order valence-electron chi connectivity index (χ2n) is 6.14. The number of hydrogen-bond acceptors (Lipinski definition) is 5. The Morgan fingerprint density at radius 3 is 2.88 bits per heavy atom. The van der Waals surface area contributed by atoms with Crippen LogP contribution in [0.5, 0.6) is 0 Å². The largest absolute Gasteiger partial charge is 0.465 e. The summed E-state index contributed by atoms with van der Waals surface area (Å²) in [6.45, 7) is 2.51. The van der Waals surface area contributed by atoms with Crippen LogP contribution in [-0.4, -0.2) is 35.3 Å². The monoisotopic (exact) mass is 358 g/mol. The molecule has 0 spiro atoms. The molecular formula is C19H22N2O3S. The number of aromatic nitrogens is 1. The predicted molar refractivity (Wildman–Crippen MR) is 98.8 cm³/mol. The predicted octanol–water partition coefficient (Wildman–Crippen LogP) is 3.56. The summed E-state index contributed by atoms with van der Waals surface area (Å²) in [5.74, 6) is -0.135. The van der Waals surface area contributed by atoms with Gasteiger partial charge in [0.2, 0.25) is 0 Å². The van der Waals surface area contributed by atoms with Crippen LogP contribution >= 0.6 is 11.8 Å². The van der Waals surface area contributed by atoms with Crippen LogP contribution in [0.3, 0.4) is 0 Å². The quantitative estimate of drug-likeness (QED) is 0.444. The number of hydrogen-bond donors (Lipinski definition) is 1. The van der Waals surface area contributed by atoms with Gasteiger partial charge in [-0.1, -0.05) is 43.3 Å². The van der Waals surface area contributed by atoms with Gasteiger partial charge >= 0.3 is 5.97 Å². The maximum atomic E-state index is 12.5. The fraction of sp³-hybridized carbons (Fsp3) is 0.421. The Bertz CT molecular complexity index is 774. The first kappa shape index (κ1) is 17.7. The maximum Gasteiger partial charge on any atom is 0.316 e. The summed E-state index contributed by atoms with van der Waals surface area (Å²) in [6, 6.07) is 9.64. The van der Waals surface area contributed by atoms with Crippen LogP contribution in [0.2, 0.25) is 0 Å². The highest BCUT2D eigenvalue weighted by Gasteiger charge is 2.25. The number of nitrogens with one attached hydrogen (secondary N) is 1. The molecule has 1 N–H and O–H groups in total. The molecule has 2 aromatic rings. The van der Waals surface area contributed by atoms with Crippen molar-refractivity contribution in [2.75, 3.05) is 12.4 Å². The molecule has 25 heavy (non-hydrogen) atoms. The fourth-order valence-corrected chi connectivity index (χ4v) is 3.12. The van der Waals surface area contributed by atoms with Crippen LogP contribution in [0.1, 0.15) is 43.0 Å². The van der Waals surface area contributed by atoms with Crippen LogP contribution < -0.4 is 5.32 Å². The van der Waals surface area contributed by atoms with Gasteiger partial charge in [0.05, 0.1) is 28.5 Å². The van der Waals surface area contributed by atoms with Gasteiger partial charge in [0.25, 0.3) is 5.91 Å². The lowest BCUT2D eigenvalue weighted by Gasteiger charge is -2.10. The smallest absolute Gasteiger partial charge is 0.316 e. The third-order valence-electron chi connectivity index (χ3n) is 3.95. The lowest BCUT2D eigenvalue weighted by Crippen LogP contribution is -2.25. The zero-order valence-corrected chi connectivity index (χ0v) is 15.1. The van der Waals surface area contributed by atoms with Crippen molar-refractivity contribution in [3.8, 4) is 0 Å².